The summed E-state index contributed by atoms with van der Waals surface area (Å²) < 4.78 is 20.2. The molecule has 1 N–H and O–H groups in total. The highest BCUT2D eigenvalue weighted by atomic mass is 35.5. The Morgan fingerprint density at radius 1 is 1.12 bits per heavy atom. The van der Waals surface area contributed by atoms with Gasteiger partial charge in [0.2, 0.25) is 5.91 Å². The first kappa shape index (κ1) is 23.8. The van der Waals surface area contributed by atoms with Gasteiger partial charge in [-0.25, -0.2) is 9.18 Å². The van der Waals surface area contributed by atoms with Crippen LogP contribution in [0.2, 0.25) is 5.02 Å². The van der Waals surface area contributed by atoms with Crippen molar-refractivity contribution in [2.75, 3.05) is 13.2 Å². The van der Waals surface area contributed by atoms with Crippen LogP contribution in [0.1, 0.15) is 40.3 Å². The number of carbonyl (C=O) groups excluding carboxylic acids is 1. The monoisotopic (exact) mass is 481 g/mol. The summed E-state index contributed by atoms with van der Waals surface area (Å²) in [6, 6.07) is 17.0. The molecule has 1 heterocycles. The second kappa shape index (κ2) is 10.3. The highest BCUT2D eigenvalue weighted by molar-refractivity contribution is 6.30. The van der Waals surface area contributed by atoms with Gasteiger partial charge in [-0.3, -0.25) is 4.79 Å². The summed E-state index contributed by atoms with van der Waals surface area (Å²) in [4.78, 5) is 26.3. The van der Waals surface area contributed by atoms with Gasteiger partial charge >= 0.3 is 5.97 Å². The van der Waals surface area contributed by atoms with Gasteiger partial charge in [0.25, 0.3) is 0 Å². The molecular formula is C27H25ClFNO4. The summed E-state index contributed by atoms with van der Waals surface area (Å²) in [6.45, 7) is 1.80. The third-order valence-corrected chi connectivity index (χ3v) is 6.41. The van der Waals surface area contributed by atoms with E-state index in [9.17, 15) is 14.0 Å². The highest BCUT2D eigenvalue weighted by Crippen LogP contribution is 2.41. The standard InChI is InChI=1S/C27H25ClFNO4/c1-17-5-2-3-6-18(17)9-12-25(31)30-14-13-20-21(7-4-8-23(20)29)27(30)22-15-19(28)10-11-24(22)34-16-26(32)33/h2-8,10-11,15,27H,9,12-14,16H2,1H3,(H,32,33). The molecule has 7 heteroatoms. The smallest absolute Gasteiger partial charge is 0.341 e. The molecule has 4 rings (SSSR count). The number of carboxylic acid groups (broad SMARTS) is 1. The molecule has 5 nitrogen and oxygen atoms in total. The van der Waals surface area contributed by atoms with Gasteiger partial charge in [0.05, 0.1) is 6.04 Å². The van der Waals surface area contributed by atoms with Crippen LogP contribution in [0.15, 0.2) is 60.7 Å². The second-order valence-electron chi connectivity index (χ2n) is 8.34. The summed E-state index contributed by atoms with van der Waals surface area (Å²) in [7, 11) is 0. The van der Waals surface area contributed by atoms with Crippen LogP contribution in [0.5, 0.6) is 5.75 Å². The molecule has 0 spiro atoms. The summed E-state index contributed by atoms with van der Waals surface area (Å²) >= 11 is 6.29. The molecule has 0 saturated heterocycles. The number of aryl methyl sites for hydroxylation is 2. The molecule has 0 saturated carbocycles. The Balaban J connectivity index is 1.73. The maximum atomic E-state index is 14.7. The largest absolute Gasteiger partial charge is 0.482 e. The molecular weight excluding hydrogens is 457 g/mol. The quantitative estimate of drug-likeness (QED) is 0.493. The van der Waals surface area contributed by atoms with Crippen molar-refractivity contribution in [3.8, 4) is 5.75 Å². The maximum absolute atomic E-state index is 14.7. The summed E-state index contributed by atoms with van der Waals surface area (Å²) in [5.74, 6) is -1.23. The Morgan fingerprint density at radius 2 is 1.91 bits per heavy atom. The maximum Gasteiger partial charge on any atom is 0.341 e. The van der Waals surface area contributed by atoms with Crippen LogP contribution in [-0.4, -0.2) is 35.0 Å². The number of carboxylic acids is 1. The molecule has 1 atom stereocenters. The molecule has 1 aliphatic heterocycles. The first-order valence-electron chi connectivity index (χ1n) is 11.1. The summed E-state index contributed by atoms with van der Waals surface area (Å²) in [5.41, 5.74) is 3.95. The van der Waals surface area contributed by atoms with E-state index < -0.39 is 18.6 Å². The van der Waals surface area contributed by atoms with E-state index in [1.54, 1.807) is 35.2 Å². The van der Waals surface area contributed by atoms with Crippen LogP contribution >= 0.6 is 11.6 Å². The minimum atomic E-state index is -1.12. The lowest BCUT2D eigenvalue weighted by molar-refractivity contribution is -0.139. The Labute approximate surface area is 202 Å². The number of nitrogens with zero attached hydrogens (tertiary/aromatic N) is 1. The number of benzene rings is 3. The highest BCUT2D eigenvalue weighted by Gasteiger charge is 2.35. The predicted octanol–water partition coefficient (Wildman–Crippen LogP) is 5.36. The molecule has 0 aliphatic carbocycles. The molecule has 0 bridgehead atoms. The van der Waals surface area contributed by atoms with E-state index in [1.807, 2.05) is 31.2 Å². The fraction of sp³-hybridized carbons (Fsp3) is 0.259. The van der Waals surface area contributed by atoms with Gasteiger partial charge in [0.15, 0.2) is 6.61 Å². The predicted molar refractivity (Wildman–Crippen MR) is 128 cm³/mol. The number of carbonyl (C=O) groups is 2. The van der Waals surface area contributed by atoms with Gasteiger partial charge in [0, 0.05) is 23.6 Å². The van der Waals surface area contributed by atoms with Gasteiger partial charge in [-0.15, -0.1) is 0 Å². The van der Waals surface area contributed by atoms with Gasteiger partial charge in [-0.05, 0) is 66.3 Å². The SMILES string of the molecule is Cc1ccccc1CCC(=O)N1CCc2c(F)cccc2C1c1cc(Cl)ccc1OCC(=O)O. The molecule has 1 amide bonds. The Hall–Kier alpha value is -3.38. The van der Waals surface area contributed by atoms with Crippen LogP contribution in [0.25, 0.3) is 0 Å². The van der Waals surface area contributed by atoms with Gasteiger partial charge in [-0.1, -0.05) is 48.0 Å². The van der Waals surface area contributed by atoms with E-state index in [0.717, 1.165) is 11.1 Å². The molecule has 3 aromatic rings. The topological polar surface area (TPSA) is 66.8 Å². The third-order valence-electron chi connectivity index (χ3n) is 6.17. The zero-order valence-electron chi connectivity index (χ0n) is 18.8. The number of fused-ring (bicyclic) bond motifs is 1. The lowest BCUT2D eigenvalue weighted by atomic mass is 9.87. The van der Waals surface area contributed by atoms with Crippen molar-refractivity contribution in [2.24, 2.45) is 0 Å². The Morgan fingerprint density at radius 3 is 2.68 bits per heavy atom. The van der Waals surface area contributed by atoms with Crippen molar-refractivity contribution in [1.29, 1.82) is 0 Å². The first-order valence-corrected chi connectivity index (χ1v) is 11.5. The molecule has 1 unspecified atom stereocenters. The summed E-state index contributed by atoms with van der Waals surface area (Å²) in [6.07, 6.45) is 1.26. The number of hydrogen-bond donors (Lipinski definition) is 1. The minimum Gasteiger partial charge on any atom is -0.482 e. The number of halogens is 2. The number of rotatable bonds is 7. The molecule has 0 radical (unpaired) electrons. The zero-order valence-corrected chi connectivity index (χ0v) is 19.5. The Bertz CT molecular complexity index is 1230. The summed E-state index contributed by atoms with van der Waals surface area (Å²) in [5, 5.41) is 9.51. The lowest BCUT2D eigenvalue weighted by Gasteiger charge is -2.38. The normalized spacial score (nSPS) is 15.0. The van der Waals surface area contributed by atoms with Crippen molar-refractivity contribution in [3.05, 3.63) is 99.3 Å². The molecule has 1 aliphatic rings. The average Bonchev–Trinajstić information content (AvgIpc) is 2.82. The molecule has 0 aromatic heterocycles. The average molecular weight is 482 g/mol. The van der Waals surface area contributed by atoms with Gasteiger partial charge < -0.3 is 14.7 Å². The van der Waals surface area contributed by atoms with E-state index >= 15 is 0 Å². The van der Waals surface area contributed by atoms with Crippen LogP contribution in [0, 0.1) is 12.7 Å². The molecule has 0 fully saturated rings. The number of amides is 1. The van der Waals surface area contributed by atoms with Crippen molar-refractivity contribution >= 4 is 23.5 Å². The fourth-order valence-electron chi connectivity index (χ4n) is 4.51. The lowest BCUT2D eigenvalue weighted by Crippen LogP contribution is -2.41. The van der Waals surface area contributed by atoms with Crippen molar-refractivity contribution < 1.29 is 23.8 Å². The first-order chi connectivity index (χ1) is 16.3. The van der Waals surface area contributed by atoms with Gasteiger partial charge in [-0.2, -0.15) is 0 Å². The molecule has 3 aromatic carbocycles. The van der Waals surface area contributed by atoms with Crippen LogP contribution < -0.4 is 4.74 Å². The Kier molecular flexibility index (Phi) is 7.17. The van der Waals surface area contributed by atoms with Crippen LogP contribution in [0.3, 0.4) is 0 Å². The van der Waals surface area contributed by atoms with Crippen molar-refractivity contribution in [3.63, 3.8) is 0 Å². The van der Waals surface area contributed by atoms with E-state index in [0.29, 0.717) is 46.8 Å². The minimum absolute atomic E-state index is 0.0766. The third kappa shape index (κ3) is 5.07. The van der Waals surface area contributed by atoms with Crippen LogP contribution in [-0.2, 0) is 22.4 Å². The second-order valence-corrected chi connectivity index (χ2v) is 8.77. The van der Waals surface area contributed by atoms with E-state index in [1.165, 1.54) is 6.07 Å². The van der Waals surface area contributed by atoms with E-state index in [2.05, 4.69) is 0 Å². The fourth-order valence-corrected chi connectivity index (χ4v) is 4.69. The van der Waals surface area contributed by atoms with Crippen molar-refractivity contribution in [1.82, 2.24) is 4.90 Å². The van der Waals surface area contributed by atoms with Crippen LogP contribution in [0.4, 0.5) is 4.39 Å². The number of hydrogen-bond acceptors (Lipinski definition) is 3. The molecule has 34 heavy (non-hydrogen) atoms. The van der Waals surface area contributed by atoms with E-state index in [-0.39, 0.29) is 18.1 Å². The van der Waals surface area contributed by atoms with E-state index in [4.69, 9.17) is 21.4 Å². The van der Waals surface area contributed by atoms with Gasteiger partial charge in [0.1, 0.15) is 11.6 Å². The zero-order chi connectivity index (χ0) is 24.2. The van der Waals surface area contributed by atoms with Crippen molar-refractivity contribution in [2.45, 2.75) is 32.2 Å². The number of aliphatic carboxylic acids is 1. The number of ether oxygens (including phenoxy) is 1. The molecule has 176 valence electrons.